The topological polar surface area (TPSA) is 208 Å². The number of nitrogens with two attached hydrogens (primary N) is 4. The monoisotopic (exact) mass is 547 g/mol. The Hall–Kier alpha value is -4.55. The number of carbonyl (C=O) groups is 1. The number of rotatable bonds is 4. The molecule has 4 rings (SSSR count). The zero-order valence-corrected chi connectivity index (χ0v) is 21.2. The van der Waals surface area contributed by atoms with Crippen LogP contribution in [0.4, 0.5) is 11.6 Å². The number of halogens is 2. The third-order valence-corrected chi connectivity index (χ3v) is 4.91. The number of fused-ring (bicyclic) bond motifs is 1. The minimum atomic E-state index is -0.832. The number of aromatic nitrogens is 2. The van der Waals surface area contributed by atoms with Crippen molar-refractivity contribution in [2.45, 2.75) is 0 Å². The quantitative estimate of drug-likeness (QED) is 0.215. The minimum absolute atomic E-state index is 0. The Kier molecular flexibility index (Phi) is 9.63. The second-order valence-corrected chi connectivity index (χ2v) is 7.40. The fourth-order valence-corrected chi connectivity index (χ4v) is 3.08. The fraction of sp³-hybridized carbons (Fsp3) is 0.0870. The lowest BCUT2D eigenvalue weighted by Gasteiger charge is -2.06. The van der Waals surface area contributed by atoms with Crippen molar-refractivity contribution < 1.29 is 18.7 Å². The summed E-state index contributed by atoms with van der Waals surface area (Å²) in [6.45, 7) is 0. The molecular formula is C23H23Cl2N7O5. The van der Waals surface area contributed by atoms with Gasteiger partial charge in [0.05, 0.1) is 19.6 Å². The zero-order valence-electron chi connectivity index (χ0n) is 19.6. The minimum Gasteiger partial charge on any atom is -0.497 e. The Morgan fingerprint density at radius 3 is 2.30 bits per heavy atom. The van der Waals surface area contributed by atoms with Gasteiger partial charge in [0.25, 0.3) is 0 Å². The summed E-state index contributed by atoms with van der Waals surface area (Å²) in [5.74, 6) is 0.354. The van der Waals surface area contributed by atoms with E-state index in [2.05, 4.69) is 15.0 Å². The van der Waals surface area contributed by atoms with Gasteiger partial charge in [0.2, 0.25) is 0 Å². The molecule has 0 saturated carbocycles. The number of aliphatic imine (C=N–C) groups is 1. The van der Waals surface area contributed by atoms with E-state index in [1.54, 1.807) is 32.4 Å². The van der Waals surface area contributed by atoms with Crippen LogP contribution in [0.15, 0.2) is 62.7 Å². The Bertz CT molecular complexity index is 1520. The van der Waals surface area contributed by atoms with Crippen LogP contribution in [0.1, 0.15) is 10.5 Å². The standard InChI is InChI=1S/C17H14O4.C6H8ClN7O.ClH/c1-19-12-5-3-4-11(8-12)16-10-15(18)14-7-6-13(20-2)9-17(14)21-16;7-2-4(9)13-3(8)1(12-2)5(15)14-6(10)11;/h3-10H,1-2H3;(H4,8,9,13)(H4,10,11,14,15);1H. The lowest BCUT2D eigenvalue weighted by Crippen LogP contribution is -2.24. The van der Waals surface area contributed by atoms with Gasteiger partial charge in [-0.05, 0) is 24.3 Å². The predicted molar refractivity (Wildman–Crippen MR) is 144 cm³/mol. The Balaban J connectivity index is 0.000000268. The molecule has 12 nitrogen and oxygen atoms in total. The number of ether oxygens (including phenoxy) is 2. The number of nitrogens with zero attached hydrogens (tertiary/aromatic N) is 3. The Morgan fingerprint density at radius 1 is 0.973 bits per heavy atom. The van der Waals surface area contributed by atoms with Crippen molar-refractivity contribution >= 4 is 58.5 Å². The van der Waals surface area contributed by atoms with E-state index in [0.29, 0.717) is 28.2 Å². The van der Waals surface area contributed by atoms with Crippen molar-refractivity contribution in [1.29, 1.82) is 0 Å². The highest BCUT2D eigenvalue weighted by Crippen LogP contribution is 2.27. The normalized spacial score (nSPS) is 9.92. The number of amides is 1. The van der Waals surface area contributed by atoms with Crippen LogP contribution in [0.2, 0.25) is 5.15 Å². The molecule has 0 unspecified atom stereocenters. The zero-order chi connectivity index (χ0) is 26.4. The molecule has 0 aliphatic carbocycles. The first-order valence-electron chi connectivity index (χ1n) is 10.1. The van der Waals surface area contributed by atoms with Crippen molar-refractivity contribution in [2.24, 2.45) is 16.5 Å². The smallest absolute Gasteiger partial charge is 0.302 e. The van der Waals surface area contributed by atoms with E-state index in [-0.39, 0.29) is 40.3 Å². The molecule has 4 aromatic rings. The fourth-order valence-electron chi connectivity index (χ4n) is 2.95. The van der Waals surface area contributed by atoms with Gasteiger partial charge in [0, 0.05) is 17.7 Å². The lowest BCUT2D eigenvalue weighted by molar-refractivity contribution is 0.0998. The Morgan fingerprint density at radius 2 is 1.65 bits per heavy atom. The van der Waals surface area contributed by atoms with Gasteiger partial charge in [-0.15, -0.1) is 12.4 Å². The maximum atomic E-state index is 12.2. The average Bonchev–Trinajstić information content (AvgIpc) is 2.85. The van der Waals surface area contributed by atoms with Crippen LogP contribution in [-0.4, -0.2) is 36.1 Å². The summed E-state index contributed by atoms with van der Waals surface area (Å²) in [7, 11) is 3.17. The number of hydrogen-bond donors (Lipinski definition) is 4. The predicted octanol–water partition coefficient (Wildman–Crippen LogP) is 2.61. The van der Waals surface area contributed by atoms with E-state index >= 15 is 0 Å². The molecule has 2 heterocycles. The number of carbonyl (C=O) groups excluding carboxylic acids is 1. The molecule has 0 aliphatic rings. The van der Waals surface area contributed by atoms with Crippen molar-refractivity contribution in [3.8, 4) is 22.8 Å². The maximum Gasteiger partial charge on any atom is 0.302 e. The van der Waals surface area contributed by atoms with Crippen molar-refractivity contribution in [2.75, 3.05) is 25.7 Å². The van der Waals surface area contributed by atoms with Crippen LogP contribution in [0.5, 0.6) is 11.5 Å². The highest BCUT2D eigenvalue weighted by atomic mass is 35.5. The van der Waals surface area contributed by atoms with Gasteiger partial charge in [-0.3, -0.25) is 9.59 Å². The summed E-state index contributed by atoms with van der Waals surface area (Å²) in [6.07, 6.45) is 0. The van der Waals surface area contributed by atoms with E-state index in [1.807, 2.05) is 24.3 Å². The third-order valence-electron chi connectivity index (χ3n) is 4.63. The van der Waals surface area contributed by atoms with Gasteiger partial charge >= 0.3 is 5.91 Å². The first kappa shape index (κ1) is 28.7. The molecule has 0 aliphatic heterocycles. The van der Waals surface area contributed by atoms with E-state index in [4.69, 9.17) is 48.4 Å². The first-order chi connectivity index (χ1) is 17.1. The summed E-state index contributed by atoms with van der Waals surface area (Å²) >= 11 is 5.55. The number of guanidine groups is 1. The molecule has 8 N–H and O–H groups in total. The van der Waals surface area contributed by atoms with Gasteiger partial charge < -0.3 is 36.8 Å². The van der Waals surface area contributed by atoms with E-state index in [1.165, 1.54) is 6.07 Å². The third kappa shape index (κ3) is 6.99. The van der Waals surface area contributed by atoms with E-state index in [0.717, 1.165) is 5.56 Å². The number of anilines is 2. The van der Waals surface area contributed by atoms with Gasteiger partial charge in [0.15, 0.2) is 33.9 Å². The molecule has 14 heteroatoms. The number of nitrogen functional groups attached to an aromatic ring is 2. The summed E-state index contributed by atoms with van der Waals surface area (Å²) in [5, 5.41) is 0.390. The summed E-state index contributed by atoms with van der Waals surface area (Å²) in [4.78, 5) is 33.9. The van der Waals surface area contributed by atoms with Crippen molar-refractivity contribution in [3.63, 3.8) is 0 Å². The summed E-state index contributed by atoms with van der Waals surface area (Å²) < 4.78 is 16.2. The highest BCUT2D eigenvalue weighted by Gasteiger charge is 2.15. The van der Waals surface area contributed by atoms with E-state index in [9.17, 15) is 9.59 Å². The number of hydrogen-bond acceptors (Lipinski definition) is 9. The SMILES string of the molecule is COc1cccc(-c2cc(=O)c3ccc(OC)cc3o2)c1.Cl.NC(N)=NC(=O)c1nc(Cl)c(N)nc1N. The Labute approximate surface area is 221 Å². The second-order valence-electron chi connectivity index (χ2n) is 7.04. The van der Waals surface area contributed by atoms with Gasteiger partial charge in [-0.25, -0.2) is 9.97 Å². The van der Waals surface area contributed by atoms with Crippen LogP contribution in [0.3, 0.4) is 0 Å². The molecule has 0 atom stereocenters. The molecule has 37 heavy (non-hydrogen) atoms. The molecule has 2 aromatic heterocycles. The molecule has 2 aromatic carbocycles. The van der Waals surface area contributed by atoms with Crippen LogP contribution in [0, 0.1) is 0 Å². The van der Waals surface area contributed by atoms with Crippen LogP contribution in [-0.2, 0) is 0 Å². The highest BCUT2D eigenvalue weighted by molar-refractivity contribution is 6.31. The molecule has 0 spiro atoms. The second kappa shape index (κ2) is 12.4. The largest absolute Gasteiger partial charge is 0.497 e. The maximum absolute atomic E-state index is 12.2. The number of methoxy groups -OCH3 is 2. The van der Waals surface area contributed by atoms with Crippen LogP contribution < -0.4 is 37.8 Å². The van der Waals surface area contributed by atoms with Gasteiger partial charge in [-0.1, -0.05) is 23.7 Å². The molecule has 0 radical (unpaired) electrons. The summed E-state index contributed by atoms with van der Waals surface area (Å²) in [5.41, 5.74) is 21.7. The molecule has 1 amide bonds. The molecular weight excluding hydrogens is 525 g/mol. The number of benzene rings is 2. The van der Waals surface area contributed by atoms with Gasteiger partial charge in [0.1, 0.15) is 22.8 Å². The van der Waals surface area contributed by atoms with Crippen molar-refractivity contribution in [3.05, 3.63) is 69.6 Å². The molecule has 194 valence electrons. The average molecular weight is 548 g/mol. The molecule has 0 saturated heterocycles. The van der Waals surface area contributed by atoms with Crippen LogP contribution >= 0.6 is 24.0 Å². The summed E-state index contributed by atoms with van der Waals surface area (Å²) in [6, 6.07) is 14.0. The lowest BCUT2D eigenvalue weighted by atomic mass is 10.1. The van der Waals surface area contributed by atoms with Gasteiger partial charge in [-0.2, -0.15) is 4.99 Å². The molecule has 0 bridgehead atoms. The first-order valence-corrected chi connectivity index (χ1v) is 10.5. The molecule has 0 fully saturated rings. The van der Waals surface area contributed by atoms with Crippen molar-refractivity contribution in [1.82, 2.24) is 9.97 Å². The van der Waals surface area contributed by atoms with E-state index < -0.39 is 11.9 Å². The van der Waals surface area contributed by atoms with Crippen LogP contribution in [0.25, 0.3) is 22.3 Å².